The minimum Gasteiger partial charge on any atom is -0.354 e. The van der Waals surface area contributed by atoms with Gasteiger partial charge in [0.05, 0.1) is 5.02 Å². The molecule has 0 radical (unpaired) electrons. The molecule has 0 atom stereocenters. The van der Waals surface area contributed by atoms with Crippen LogP contribution in [0, 0.1) is 11.3 Å². The second-order valence-corrected chi connectivity index (χ2v) is 4.85. The Bertz CT molecular complexity index is 396. The molecule has 5 heteroatoms. The fraction of sp³-hybridized carbons (Fsp3) is 0.400. The number of halogens is 1. The molecule has 1 aromatic heterocycles. The van der Waals surface area contributed by atoms with Gasteiger partial charge in [-0.3, -0.25) is 0 Å². The Balaban J connectivity index is 2.29. The van der Waals surface area contributed by atoms with Crippen molar-refractivity contribution in [3.05, 3.63) is 22.8 Å². The third-order valence-electron chi connectivity index (χ3n) is 2.25. The Morgan fingerprint density at radius 3 is 2.80 bits per heavy atom. The fourth-order valence-electron chi connectivity index (χ4n) is 1.49. The fourth-order valence-corrected chi connectivity index (χ4v) is 2.62. The zero-order chi connectivity index (χ0) is 10.7. The Hall–Kier alpha value is -0.920. The predicted octanol–water partition coefficient (Wildman–Crippen LogP) is 2.16. The number of rotatable bonds is 1. The van der Waals surface area contributed by atoms with Gasteiger partial charge >= 0.3 is 0 Å². The first kappa shape index (κ1) is 10.6. The number of anilines is 1. The van der Waals surface area contributed by atoms with Crippen molar-refractivity contribution in [2.75, 3.05) is 29.5 Å². The number of pyridine rings is 1. The summed E-state index contributed by atoms with van der Waals surface area (Å²) in [5.74, 6) is 2.93. The van der Waals surface area contributed by atoms with Crippen LogP contribution in [-0.2, 0) is 0 Å². The van der Waals surface area contributed by atoms with Crippen LogP contribution in [0.15, 0.2) is 12.1 Å². The summed E-state index contributed by atoms with van der Waals surface area (Å²) in [6, 6.07) is 5.42. The molecule has 1 aliphatic rings. The maximum atomic E-state index is 8.77. The van der Waals surface area contributed by atoms with Crippen molar-refractivity contribution in [3.63, 3.8) is 0 Å². The summed E-state index contributed by atoms with van der Waals surface area (Å²) < 4.78 is 0. The molecule has 0 bridgehead atoms. The molecule has 0 N–H and O–H groups in total. The molecule has 0 spiro atoms. The lowest BCUT2D eigenvalue weighted by Crippen LogP contribution is -2.33. The predicted molar refractivity (Wildman–Crippen MR) is 63.5 cm³/mol. The zero-order valence-corrected chi connectivity index (χ0v) is 9.68. The third kappa shape index (κ3) is 2.36. The van der Waals surface area contributed by atoms with E-state index in [2.05, 4.69) is 9.88 Å². The van der Waals surface area contributed by atoms with Gasteiger partial charge in [0, 0.05) is 24.6 Å². The Labute approximate surface area is 98.0 Å². The molecule has 78 valence electrons. The second-order valence-electron chi connectivity index (χ2n) is 3.21. The van der Waals surface area contributed by atoms with Crippen LogP contribution in [0.3, 0.4) is 0 Å². The highest BCUT2D eigenvalue weighted by molar-refractivity contribution is 7.99. The van der Waals surface area contributed by atoms with E-state index in [1.807, 2.05) is 17.8 Å². The lowest BCUT2D eigenvalue weighted by molar-refractivity contribution is 0.838. The van der Waals surface area contributed by atoms with Crippen LogP contribution in [-0.4, -0.2) is 29.6 Å². The largest absolute Gasteiger partial charge is 0.354 e. The van der Waals surface area contributed by atoms with E-state index < -0.39 is 0 Å². The lowest BCUT2D eigenvalue weighted by atomic mass is 10.3. The van der Waals surface area contributed by atoms with Crippen molar-refractivity contribution < 1.29 is 0 Å². The molecule has 1 aliphatic heterocycles. The van der Waals surface area contributed by atoms with Crippen LogP contribution >= 0.6 is 23.4 Å². The van der Waals surface area contributed by atoms with Crippen molar-refractivity contribution in [1.29, 1.82) is 5.26 Å². The number of hydrogen-bond donors (Lipinski definition) is 0. The molecule has 15 heavy (non-hydrogen) atoms. The maximum Gasteiger partial charge on any atom is 0.149 e. The van der Waals surface area contributed by atoms with Crippen molar-refractivity contribution in [1.82, 2.24) is 4.98 Å². The molecular formula is C10H10ClN3S. The average molecular weight is 240 g/mol. The number of aromatic nitrogens is 1. The Kier molecular flexibility index (Phi) is 3.34. The van der Waals surface area contributed by atoms with E-state index in [4.69, 9.17) is 16.9 Å². The first-order chi connectivity index (χ1) is 7.31. The maximum absolute atomic E-state index is 8.77. The van der Waals surface area contributed by atoms with Crippen LogP contribution in [0.25, 0.3) is 0 Å². The molecule has 0 aromatic carbocycles. The zero-order valence-electron chi connectivity index (χ0n) is 8.11. The summed E-state index contributed by atoms with van der Waals surface area (Å²) >= 11 is 8.00. The summed E-state index contributed by atoms with van der Waals surface area (Å²) in [6.45, 7) is 1.90. The van der Waals surface area contributed by atoms with Crippen molar-refractivity contribution >= 4 is 29.2 Å². The van der Waals surface area contributed by atoms with E-state index in [-0.39, 0.29) is 0 Å². The summed E-state index contributed by atoms with van der Waals surface area (Å²) in [4.78, 5) is 6.38. The van der Waals surface area contributed by atoms with Crippen LogP contribution < -0.4 is 4.90 Å². The van der Waals surface area contributed by atoms with E-state index in [1.165, 1.54) is 0 Å². The van der Waals surface area contributed by atoms with Gasteiger partial charge in [0.15, 0.2) is 0 Å². The molecule has 0 saturated carbocycles. The summed E-state index contributed by atoms with van der Waals surface area (Å²) in [5.41, 5.74) is 0.424. The normalized spacial score (nSPS) is 16.1. The highest BCUT2D eigenvalue weighted by Crippen LogP contribution is 2.25. The van der Waals surface area contributed by atoms with Gasteiger partial charge in [-0.05, 0) is 12.1 Å². The standard InChI is InChI=1S/C10H10ClN3S/c11-9-2-1-8(7-12)13-10(9)14-3-5-15-6-4-14/h1-2H,3-6H2. The van der Waals surface area contributed by atoms with E-state index in [9.17, 15) is 0 Å². The Morgan fingerprint density at radius 1 is 1.40 bits per heavy atom. The van der Waals surface area contributed by atoms with E-state index >= 15 is 0 Å². The number of nitriles is 1. The molecular weight excluding hydrogens is 230 g/mol. The number of thioether (sulfide) groups is 1. The highest BCUT2D eigenvalue weighted by Gasteiger charge is 2.15. The van der Waals surface area contributed by atoms with Crippen molar-refractivity contribution in [3.8, 4) is 6.07 Å². The first-order valence-electron chi connectivity index (χ1n) is 4.70. The molecule has 1 aromatic rings. The Morgan fingerprint density at radius 2 is 2.13 bits per heavy atom. The topological polar surface area (TPSA) is 39.9 Å². The van der Waals surface area contributed by atoms with Crippen LogP contribution in [0.5, 0.6) is 0 Å². The van der Waals surface area contributed by atoms with E-state index in [0.717, 1.165) is 30.4 Å². The molecule has 2 heterocycles. The molecule has 1 fully saturated rings. The monoisotopic (exact) mass is 239 g/mol. The van der Waals surface area contributed by atoms with E-state index in [0.29, 0.717) is 10.7 Å². The van der Waals surface area contributed by atoms with Gasteiger partial charge in [0.25, 0.3) is 0 Å². The minimum absolute atomic E-state index is 0.424. The van der Waals surface area contributed by atoms with Gasteiger partial charge in [-0.15, -0.1) is 0 Å². The quantitative estimate of drug-likeness (QED) is 0.753. The van der Waals surface area contributed by atoms with Gasteiger partial charge in [0.1, 0.15) is 17.6 Å². The lowest BCUT2D eigenvalue weighted by Gasteiger charge is -2.28. The molecule has 0 aliphatic carbocycles. The van der Waals surface area contributed by atoms with Gasteiger partial charge in [-0.25, -0.2) is 4.98 Å². The average Bonchev–Trinajstić information content (AvgIpc) is 2.31. The number of nitrogens with zero attached hydrogens (tertiary/aromatic N) is 3. The molecule has 0 amide bonds. The first-order valence-corrected chi connectivity index (χ1v) is 6.24. The van der Waals surface area contributed by atoms with Crippen LogP contribution in [0.4, 0.5) is 5.82 Å². The minimum atomic E-state index is 0.424. The molecule has 2 rings (SSSR count). The van der Waals surface area contributed by atoms with Gasteiger partial charge in [0.2, 0.25) is 0 Å². The van der Waals surface area contributed by atoms with Gasteiger partial charge in [-0.2, -0.15) is 17.0 Å². The SMILES string of the molecule is N#Cc1ccc(Cl)c(N2CCSCC2)n1. The second kappa shape index (κ2) is 4.73. The smallest absolute Gasteiger partial charge is 0.149 e. The van der Waals surface area contributed by atoms with Gasteiger partial charge in [-0.1, -0.05) is 11.6 Å². The summed E-state index contributed by atoms with van der Waals surface area (Å²) in [7, 11) is 0. The molecule has 3 nitrogen and oxygen atoms in total. The molecule has 1 saturated heterocycles. The summed E-state index contributed by atoms with van der Waals surface area (Å²) in [6.07, 6.45) is 0. The highest BCUT2D eigenvalue weighted by atomic mass is 35.5. The third-order valence-corrected chi connectivity index (χ3v) is 3.49. The van der Waals surface area contributed by atoms with Crippen molar-refractivity contribution in [2.24, 2.45) is 0 Å². The van der Waals surface area contributed by atoms with Crippen molar-refractivity contribution in [2.45, 2.75) is 0 Å². The van der Waals surface area contributed by atoms with Crippen LogP contribution in [0.1, 0.15) is 5.69 Å². The van der Waals surface area contributed by atoms with Gasteiger partial charge < -0.3 is 4.90 Å². The summed E-state index contributed by atoms with van der Waals surface area (Å²) in [5, 5.41) is 9.40. The van der Waals surface area contributed by atoms with Crippen LogP contribution in [0.2, 0.25) is 5.02 Å². The number of hydrogen-bond acceptors (Lipinski definition) is 4. The molecule has 0 unspecified atom stereocenters. The van der Waals surface area contributed by atoms with E-state index in [1.54, 1.807) is 12.1 Å².